The summed E-state index contributed by atoms with van der Waals surface area (Å²) in [6.45, 7) is 0. The molecule has 0 fully saturated rings. The molecule has 0 saturated carbocycles. The van der Waals surface area contributed by atoms with Gasteiger partial charge >= 0.3 is 5.97 Å². The molecule has 0 amide bonds. The van der Waals surface area contributed by atoms with E-state index in [4.69, 9.17) is 11.6 Å². The number of aromatic nitrogens is 2. The van der Waals surface area contributed by atoms with Crippen molar-refractivity contribution in [3.8, 4) is 0 Å². The first-order valence-corrected chi connectivity index (χ1v) is 7.56. The maximum Gasteiger partial charge on any atom is 0.338 e. The summed E-state index contributed by atoms with van der Waals surface area (Å²) in [4.78, 5) is 18.7. The van der Waals surface area contributed by atoms with E-state index in [-0.39, 0.29) is 5.56 Å². The number of carbonyl (C=O) groups is 1. The molecule has 4 nitrogen and oxygen atoms in total. The number of H-pyrrole nitrogens is 1. The number of aromatic carboxylic acids is 1. The highest BCUT2D eigenvalue weighted by molar-refractivity contribution is 9.10. The maximum atomic E-state index is 11.5. The van der Waals surface area contributed by atoms with Crippen molar-refractivity contribution in [2.75, 3.05) is 0 Å². The van der Waals surface area contributed by atoms with Crippen LogP contribution >= 0.6 is 27.5 Å². The van der Waals surface area contributed by atoms with Crippen molar-refractivity contribution in [2.24, 2.45) is 0 Å². The molecule has 0 aliphatic heterocycles. The number of hydrogen-bond acceptors (Lipinski definition) is 2. The van der Waals surface area contributed by atoms with Gasteiger partial charge in [-0.2, -0.15) is 0 Å². The molecule has 110 valence electrons. The fraction of sp³-hybridized carbons (Fsp3) is 0. The second-order valence-electron chi connectivity index (χ2n) is 4.66. The number of carboxylic acid groups (broad SMARTS) is 1. The lowest BCUT2D eigenvalue weighted by atomic mass is 10.1. The lowest BCUT2D eigenvalue weighted by Crippen LogP contribution is -1.97. The van der Waals surface area contributed by atoms with E-state index in [9.17, 15) is 9.90 Å². The van der Waals surface area contributed by atoms with E-state index in [0.717, 1.165) is 15.6 Å². The predicted octanol–water partition coefficient (Wildman–Crippen LogP) is 4.85. The van der Waals surface area contributed by atoms with Gasteiger partial charge in [-0.15, -0.1) is 0 Å². The summed E-state index contributed by atoms with van der Waals surface area (Å²) < 4.78 is 0.885. The van der Waals surface area contributed by atoms with Crippen molar-refractivity contribution < 1.29 is 9.90 Å². The van der Waals surface area contributed by atoms with Crippen molar-refractivity contribution in [2.45, 2.75) is 0 Å². The summed E-state index contributed by atoms with van der Waals surface area (Å²) in [5, 5.41) is 10.5. The van der Waals surface area contributed by atoms with E-state index in [0.29, 0.717) is 16.2 Å². The normalized spacial score (nSPS) is 11.4. The Morgan fingerprint density at radius 3 is 2.77 bits per heavy atom. The summed E-state index contributed by atoms with van der Waals surface area (Å²) in [6.07, 6.45) is 5.14. The van der Waals surface area contributed by atoms with Gasteiger partial charge in [-0.05, 0) is 29.8 Å². The molecule has 0 saturated heterocycles. The summed E-state index contributed by atoms with van der Waals surface area (Å²) in [5.74, 6) is -0.970. The zero-order valence-electron chi connectivity index (χ0n) is 11.2. The van der Waals surface area contributed by atoms with Crippen molar-refractivity contribution >= 4 is 56.6 Å². The molecule has 2 heterocycles. The Morgan fingerprint density at radius 2 is 2.09 bits per heavy atom. The number of nitrogens with one attached hydrogen (secondary N) is 1. The van der Waals surface area contributed by atoms with Crippen LogP contribution in [0.4, 0.5) is 0 Å². The molecule has 0 radical (unpaired) electrons. The highest BCUT2D eigenvalue weighted by Crippen LogP contribution is 2.27. The third-order valence-corrected chi connectivity index (χ3v) is 3.91. The van der Waals surface area contributed by atoms with E-state index in [1.54, 1.807) is 30.5 Å². The number of halogens is 2. The zero-order chi connectivity index (χ0) is 15.7. The number of carboxylic acids is 1. The molecule has 3 aromatic rings. The molecule has 2 aromatic heterocycles. The fourth-order valence-corrected chi connectivity index (χ4v) is 2.68. The Bertz CT molecular complexity index is 885. The monoisotopic (exact) mass is 376 g/mol. The van der Waals surface area contributed by atoms with Crippen LogP contribution in [0.1, 0.15) is 21.6 Å². The Hall–Kier alpha value is -2.11. The average Bonchev–Trinajstić information content (AvgIpc) is 2.84. The molecule has 0 atom stereocenters. The maximum absolute atomic E-state index is 11.5. The molecule has 0 unspecified atom stereocenters. The molecule has 3 rings (SSSR count). The van der Waals surface area contributed by atoms with Gasteiger partial charge in [-0.25, -0.2) is 9.78 Å². The van der Waals surface area contributed by atoms with Gasteiger partial charge < -0.3 is 10.1 Å². The summed E-state index contributed by atoms with van der Waals surface area (Å²) in [7, 11) is 0. The van der Waals surface area contributed by atoms with Crippen molar-refractivity contribution in [3.05, 3.63) is 63.0 Å². The first kappa shape index (κ1) is 14.8. The van der Waals surface area contributed by atoms with E-state index < -0.39 is 5.97 Å². The smallest absolute Gasteiger partial charge is 0.338 e. The van der Waals surface area contributed by atoms with Crippen LogP contribution in [0.3, 0.4) is 0 Å². The fourth-order valence-electron chi connectivity index (χ4n) is 2.21. The van der Waals surface area contributed by atoms with Crippen LogP contribution in [0.2, 0.25) is 5.15 Å². The Morgan fingerprint density at radius 1 is 1.27 bits per heavy atom. The first-order valence-electron chi connectivity index (χ1n) is 6.39. The molecule has 0 bridgehead atoms. The highest BCUT2D eigenvalue weighted by Gasteiger charge is 2.16. The number of fused-ring (bicyclic) bond motifs is 1. The Balaban J connectivity index is 2.07. The molecule has 0 aliphatic carbocycles. The van der Waals surface area contributed by atoms with Crippen LogP contribution < -0.4 is 0 Å². The average molecular weight is 378 g/mol. The molecule has 22 heavy (non-hydrogen) atoms. The van der Waals surface area contributed by atoms with Crippen molar-refractivity contribution in [1.29, 1.82) is 0 Å². The predicted molar refractivity (Wildman–Crippen MR) is 91.1 cm³/mol. The second-order valence-corrected chi connectivity index (χ2v) is 5.96. The van der Waals surface area contributed by atoms with Gasteiger partial charge in [0.2, 0.25) is 0 Å². The van der Waals surface area contributed by atoms with Gasteiger partial charge in [0.25, 0.3) is 0 Å². The highest BCUT2D eigenvalue weighted by atomic mass is 79.9. The minimum Gasteiger partial charge on any atom is -0.478 e. The van der Waals surface area contributed by atoms with Crippen molar-refractivity contribution in [3.63, 3.8) is 0 Å². The molecule has 0 aliphatic rings. The summed E-state index contributed by atoms with van der Waals surface area (Å²) in [6, 6.07) is 8.94. The van der Waals surface area contributed by atoms with Gasteiger partial charge in [0.05, 0.1) is 11.3 Å². The standard InChI is InChI=1S/C16H10BrClN2O2/c17-10-3-4-11-13(7-10)20-12(15(11)16(21)22)5-1-9-2-6-14(18)19-8-9/h1-8,20H,(H,21,22)/b5-1+. The van der Waals surface area contributed by atoms with E-state index >= 15 is 0 Å². The number of aromatic amines is 1. The lowest BCUT2D eigenvalue weighted by Gasteiger charge is -1.95. The molecule has 2 N–H and O–H groups in total. The quantitative estimate of drug-likeness (QED) is 0.641. The molecule has 0 spiro atoms. The lowest BCUT2D eigenvalue weighted by molar-refractivity contribution is 0.0699. The Labute approximate surface area is 139 Å². The number of pyridine rings is 1. The molecule has 1 aromatic carbocycles. The number of rotatable bonds is 3. The number of hydrogen-bond donors (Lipinski definition) is 2. The number of nitrogens with zero attached hydrogens (tertiary/aromatic N) is 1. The molecular formula is C16H10BrClN2O2. The van der Waals surface area contributed by atoms with Crippen LogP contribution in [0.25, 0.3) is 23.1 Å². The number of benzene rings is 1. The van der Waals surface area contributed by atoms with Crippen LogP contribution in [-0.2, 0) is 0 Å². The summed E-state index contributed by atoms with van der Waals surface area (Å²) >= 11 is 9.12. The van der Waals surface area contributed by atoms with E-state index in [2.05, 4.69) is 25.9 Å². The Kier molecular flexibility index (Phi) is 4.00. The summed E-state index contributed by atoms with van der Waals surface area (Å²) in [5.41, 5.74) is 2.39. The van der Waals surface area contributed by atoms with Crippen LogP contribution in [-0.4, -0.2) is 21.0 Å². The van der Waals surface area contributed by atoms with Gasteiger partial charge in [-0.3, -0.25) is 0 Å². The molecular weight excluding hydrogens is 368 g/mol. The van der Waals surface area contributed by atoms with Crippen LogP contribution in [0.15, 0.2) is 41.0 Å². The van der Waals surface area contributed by atoms with Gasteiger partial charge in [0.15, 0.2) is 0 Å². The van der Waals surface area contributed by atoms with Crippen LogP contribution in [0.5, 0.6) is 0 Å². The first-order chi connectivity index (χ1) is 10.5. The van der Waals surface area contributed by atoms with Crippen molar-refractivity contribution in [1.82, 2.24) is 9.97 Å². The minimum absolute atomic E-state index is 0.251. The molecule has 6 heteroatoms. The van der Waals surface area contributed by atoms with Gasteiger partial charge in [0, 0.05) is 21.6 Å². The minimum atomic E-state index is -0.970. The van der Waals surface area contributed by atoms with E-state index in [1.165, 1.54) is 0 Å². The van der Waals surface area contributed by atoms with Crippen LogP contribution in [0, 0.1) is 0 Å². The SMILES string of the molecule is O=C(O)c1c(/C=C/c2ccc(Cl)nc2)[nH]c2cc(Br)ccc12. The topological polar surface area (TPSA) is 66.0 Å². The van der Waals surface area contributed by atoms with Gasteiger partial charge in [-0.1, -0.05) is 45.7 Å². The largest absolute Gasteiger partial charge is 0.478 e. The van der Waals surface area contributed by atoms with E-state index in [1.807, 2.05) is 18.2 Å². The third kappa shape index (κ3) is 2.91. The second kappa shape index (κ2) is 5.94. The van der Waals surface area contributed by atoms with Gasteiger partial charge in [0.1, 0.15) is 5.15 Å². The zero-order valence-corrected chi connectivity index (χ0v) is 13.5. The third-order valence-electron chi connectivity index (χ3n) is 3.20.